The average molecular weight is 337 g/mol. The van der Waals surface area contributed by atoms with E-state index in [1.807, 2.05) is 0 Å². The molecular weight excluding hydrogens is 317 g/mol. The van der Waals surface area contributed by atoms with Crippen LogP contribution >= 0.6 is 0 Å². The van der Waals surface area contributed by atoms with E-state index in [1.54, 1.807) is 6.07 Å². The molecule has 1 aliphatic heterocycles. The molecule has 1 fully saturated rings. The first-order valence-electron chi connectivity index (χ1n) is 7.75. The molecule has 0 atom stereocenters. The first-order chi connectivity index (χ1) is 10.9. The fraction of sp³-hybridized carbons (Fsp3) is 0.500. The van der Waals surface area contributed by atoms with Crippen LogP contribution in [-0.2, 0) is 9.84 Å². The van der Waals surface area contributed by atoms with Gasteiger partial charge >= 0.3 is 0 Å². The Morgan fingerprint density at radius 2 is 2.00 bits per heavy atom. The normalized spacial score (nSPS) is 16.9. The summed E-state index contributed by atoms with van der Waals surface area (Å²) in [7, 11) is -2.90. The van der Waals surface area contributed by atoms with Crippen LogP contribution in [0.2, 0.25) is 0 Å². The van der Waals surface area contributed by atoms with Crippen LogP contribution in [0, 0.1) is 11.7 Å². The van der Waals surface area contributed by atoms with Gasteiger partial charge in [0.1, 0.15) is 27.8 Å². The van der Waals surface area contributed by atoms with Gasteiger partial charge in [-0.3, -0.25) is 0 Å². The second kappa shape index (κ2) is 6.39. The zero-order valence-electron chi connectivity index (χ0n) is 13.1. The molecule has 124 valence electrons. The summed E-state index contributed by atoms with van der Waals surface area (Å²) < 4.78 is 36.1. The highest BCUT2D eigenvalue weighted by Crippen LogP contribution is 2.29. The smallest absolute Gasteiger partial charge is 0.147 e. The molecule has 1 saturated heterocycles. The van der Waals surface area contributed by atoms with E-state index in [-0.39, 0.29) is 11.6 Å². The Kier molecular flexibility index (Phi) is 4.48. The van der Waals surface area contributed by atoms with Crippen molar-refractivity contribution in [1.82, 2.24) is 9.97 Å². The summed E-state index contributed by atoms with van der Waals surface area (Å²) in [5.74, 6) is 1.14. The maximum Gasteiger partial charge on any atom is 0.147 e. The third-order valence-electron chi connectivity index (χ3n) is 4.39. The predicted molar refractivity (Wildman–Crippen MR) is 88.8 cm³/mol. The van der Waals surface area contributed by atoms with Crippen molar-refractivity contribution in [3.63, 3.8) is 0 Å². The number of halogens is 1. The van der Waals surface area contributed by atoms with Crippen LogP contribution in [0.15, 0.2) is 24.5 Å². The zero-order valence-corrected chi connectivity index (χ0v) is 13.9. The molecule has 0 bridgehead atoms. The first-order valence-corrected chi connectivity index (χ1v) is 9.81. The van der Waals surface area contributed by atoms with Crippen molar-refractivity contribution in [2.75, 3.05) is 30.0 Å². The van der Waals surface area contributed by atoms with Crippen molar-refractivity contribution in [2.24, 2.45) is 5.92 Å². The molecule has 0 saturated carbocycles. The molecule has 1 aromatic heterocycles. The van der Waals surface area contributed by atoms with Gasteiger partial charge in [-0.15, -0.1) is 0 Å². The lowest BCUT2D eigenvalue weighted by Gasteiger charge is -2.33. The van der Waals surface area contributed by atoms with E-state index >= 15 is 0 Å². The maximum absolute atomic E-state index is 13.5. The summed E-state index contributed by atoms with van der Waals surface area (Å²) >= 11 is 0. The summed E-state index contributed by atoms with van der Waals surface area (Å²) in [6.07, 6.45) is 5.35. The highest BCUT2D eigenvalue weighted by Gasteiger charge is 2.22. The number of benzene rings is 1. The maximum atomic E-state index is 13.5. The standard InChI is InChI=1S/C16H20FN3O2S/c1-23(21,22)9-6-12-4-7-20(8-5-12)16-14-10-13(17)2-3-15(14)18-11-19-16/h2-3,10-12H,4-9H2,1H3. The van der Waals surface area contributed by atoms with E-state index in [4.69, 9.17) is 0 Å². The first kappa shape index (κ1) is 16.1. The fourth-order valence-corrected chi connectivity index (χ4v) is 3.84. The number of sulfone groups is 1. The molecule has 7 heteroatoms. The Morgan fingerprint density at radius 3 is 2.70 bits per heavy atom. The van der Waals surface area contributed by atoms with E-state index in [0.29, 0.717) is 12.3 Å². The monoisotopic (exact) mass is 337 g/mol. The summed E-state index contributed by atoms with van der Waals surface area (Å²) in [6, 6.07) is 4.53. The highest BCUT2D eigenvalue weighted by molar-refractivity contribution is 7.90. The minimum absolute atomic E-state index is 0.249. The molecule has 3 rings (SSSR count). The topological polar surface area (TPSA) is 63.2 Å². The van der Waals surface area contributed by atoms with Gasteiger partial charge in [0, 0.05) is 24.7 Å². The Balaban J connectivity index is 1.72. The Hall–Kier alpha value is -1.76. The molecule has 2 heterocycles. The number of anilines is 1. The predicted octanol–water partition coefficient (Wildman–Crippen LogP) is 2.42. The highest BCUT2D eigenvalue weighted by atomic mass is 32.2. The second-order valence-corrected chi connectivity index (χ2v) is 8.47. The van der Waals surface area contributed by atoms with Gasteiger partial charge in [0.15, 0.2) is 0 Å². The molecule has 0 amide bonds. The number of aromatic nitrogens is 2. The second-order valence-electron chi connectivity index (χ2n) is 6.21. The molecule has 5 nitrogen and oxygen atoms in total. The third kappa shape index (κ3) is 3.96. The Labute approximate surface area is 135 Å². The van der Waals surface area contributed by atoms with Gasteiger partial charge < -0.3 is 4.90 Å². The van der Waals surface area contributed by atoms with Crippen molar-refractivity contribution in [1.29, 1.82) is 0 Å². The van der Waals surface area contributed by atoms with E-state index in [1.165, 1.54) is 24.7 Å². The third-order valence-corrected chi connectivity index (χ3v) is 5.36. The van der Waals surface area contributed by atoms with Crippen LogP contribution in [0.25, 0.3) is 10.9 Å². The molecule has 0 radical (unpaired) electrons. The van der Waals surface area contributed by atoms with Gasteiger partial charge in [-0.2, -0.15) is 0 Å². The SMILES string of the molecule is CS(=O)(=O)CCC1CCN(c2ncnc3ccc(F)cc23)CC1. The van der Waals surface area contributed by atoms with E-state index in [9.17, 15) is 12.8 Å². The Morgan fingerprint density at radius 1 is 1.26 bits per heavy atom. The van der Waals surface area contributed by atoms with E-state index in [0.717, 1.165) is 42.7 Å². The number of nitrogens with zero attached hydrogens (tertiary/aromatic N) is 3. The number of hydrogen-bond donors (Lipinski definition) is 0. The minimum atomic E-state index is -2.90. The van der Waals surface area contributed by atoms with Crippen LogP contribution in [0.5, 0.6) is 0 Å². The molecular formula is C16H20FN3O2S. The van der Waals surface area contributed by atoms with Crippen molar-refractivity contribution >= 4 is 26.6 Å². The molecule has 0 N–H and O–H groups in total. The van der Waals surface area contributed by atoms with Gasteiger partial charge in [-0.05, 0) is 43.4 Å². The molecule has 1 aliphatic rings. The molecule has 0 unspecified atom stereocenters. The molecule has 0 spiro atoms. The van der Waals surface area contributed by atoms with Gasteiger partial charge in [-0.25, -0.2) is 22.8 Å². The van der Waals surface area contributed by atoms with Crippen molar-refractivity contribution in [2.45, 2.75) is 19.3 Å². The van der Waals surface area contributed by atoms with Crippen molar-refractivity contribution in [3.05, 3.63) is 30.3 Å². The number of rotatable bonds is 4. The number of hydrogen-bond acceptors (Lipinski definition) is 5. The summed E-state index contributed by atoms with van der Waals surface area (Å²) in [6.45, 7) is 1.61. The molecule has 1 aromatic carbocycles. The van der Waals surface area contributed by atoms with Crippen LogP contribution in [-0.4, -0.2) is 43.5 Å². The molecule has 2 aromatic rings. The van der Waals surface area contributed by atoms with Crippen LogP contribution in [0.4, 0.5) is 10.2 Å². The minimum Gasteiger partial charge on any atom is -0.356 e. The van der Waals surface area contributed by atoms with Crippen LogP contribution in [0.1, 0.15) is 19.3 Å². The molecule has 0 aliphatic carbocycles. The average Bonchev–Trinajstić information content (AvgIpc) is 2.52. The zero-order chi connectivity index (χ0) is 16.4. The van der Waals surface area contributed by atoms with Crippen molar-refractivity contribution < 1.29 is 12.8 Å². The molecule has 23 heavy (non-hydrogen) atoms. The lowest BCUT2D eigenvalue weighted by atomic mass is 9.94. The number of fused-ring (bicyclic) bond motifs is 1. The Bertz CT molecular complexity index is 802. The lowest BCUT2D eigenvalue weighted by molar-refractivity contribution is 0.394. The fourth-order valence-electron chi connectivity index (χ4n) is 3.08. The van der Waals surface area contributed by atoms with Gasteiger partial charge in [0.05, 0.1) is 11.3 Å². The van der Waals surface area contributed by atoms with E-state index < -0.39 is 9.84 Å². The number of piperidine rings is 1. The van der Waals surface area contributed by atoms with Gasteiger partial charge in [-0.1, -0.05) is 0 Å². The van der Waals surface area contributed by atoms with Crippen LogP contribution in [0.3, 0.4) is 0 Å². The van der Waals surface area contributed by atoms with E-state index in [2.05, 4.69) is 14.9 Å². The van der Waals surface area contributed by atoms with Crippen molar-refractivity contribution in [3.8, 4) is 0 Å². The van der Waals surface area contributed by atoms with Crippen LogP contribution < -0.4 is 4.90 Å². The summed E-state index contributed by atoms with van der Waals surface area (Å²) in [4.78, 5) is 10.7. The van der Waals surface area contributed by atoms with Gasteiger partial charge in [0.2, 0.25) is 0 Å². The summed E-state index contributed by atoms with van der Waals surface area (Å²) in [5.41, 5.74) is 0.732. The lowest BCUT2D eigenvalue weighted by Crippen LogP contribution is -2.35. The largest absolute Gasteiger partial charge is 0.356 e. The van der Waals surface area contributed by atoms with Gasteiger partial charge in [0.25, 0.3) is 0 Å². The quantitative estimate of drug-likeness (QED) is 0.857. The summed E-state index contributed by atoms with van der Waals surface area (Å²) in [5, 5.41) is 0.724.